The number of hydrogen-bond donors (Lipinski definition) is 3. The summed E-state index contributed by atoms with van der Waals surface area (Å²) in [6.45, 7) is 2.07. The Kier molecular flexibility index (Phi) is 9.84. The van der Waals surface area contributed by atoms with Crippen LogP contribution < -0.4 is 20.9 Å². The fraction of sp³-hybridized carbons (Fsp3) is 0.257. The van der Waals surface area contributed by atoms with Crippen LogP contribution in [0.4, 0.5) is 35.0 Å². The van der Waals surface area contributed by atoms with Crippen LogP contribution in [0.3, 0.4) is 0 Å². The average molecular weight is 601 g/mol. The molecule has 0 unspecified atom stereocenters. The number of rotatable bonds is 9. The van der Waals surface area contributed by atoms with Crippen LogP contribution in [0.25, 0.3) is 0 Å². The molecule has 1 heterocycles. The molecule has 1 aliphatic rings. The first-order valence-corrected chi connectivity index (χ1v) is 14.7. The van der Waals surface area contributed by atoms with E-state index in [2.05, 4.69) is 45.1 Å². The van der Waals surface area contributed by atoms with E-state index in [1.807, 2.05) is 42.5 Å². The molecule has 0 atom stereocenters. The molecule has 1 aliphatic heterocycles. The molecule has 0 spiro atoms. The van der Waals surface area contributed by atoms with Gasteiger partial charge in [-0.05, 0) is 85.2 Å². The summed E-state index contributed by atoms with van der Waals surface area (Å²) in [6, 6.07) is 29.1. The zero-order valence-electron chi connectivity index (χ0n) is 24.2. The van der Waals surface area contributed by atoms with Crippen LogP contribution in [0.2, 0.25) is 0 Å². The summed E-state index contributed by atoms with van der Waals surface area (Å²) in [5.41, 5.74) is 3.50. The minimum absolute atomic E-state index is 0.212. The van der Waals surface area contributed by atoms with Crippen molar-refractivity contribution in [2.24, 2.45) is 5.92 Å². The monoisotopic (exact) mass is 600 g/mol. The molecule has 0 saturated carbocycles. The van der Waals surface area contributed by atoms with Gasteiger partial charge in [-0.3, -0.25) is 4.79 Å². The van der Waals surface area contributed by atoms with Crippen LogP contribution in [0.5, 0.6) is 0 Å². The molecule has 5 rings (SSSR count). The Morgan fingerprint density at radius 2 is 1.34 bits per heavy atom. The Morgan fingerprint density at radius 3 is 1.98 bits per heavy atom. The number of benzene rings is 4. The Bertz CT molecular complexity index is 1540. The number of piperidine rings is 1. The molecule has 0 aliphatic carbocycles. The van der Waals surface area contributed by atoms with Gasteiger partial charge in [0, 0.05) is 36.7 Å². The number of anilines is 3. The average Bonchev–Trinajstić information content (AvgIpc) is 3.02. The van der Waals surface area contributed by atoms with Crippen LogP contribution in [-0.2, 0) is 19.0 Å². The molecule has 1 saturated heterocycles. The van der Waals surface area contributed by atoms with E-state index < -0.39 is 17.8 Å². The first kappa shape index (κ1) is 30.7. The van der Waals surface area contributed by atoms with Gasteiger partial charge < -0.3 is 20.9 Å². The third-order valence-electron chi connectivity index (χ3n) is 7.83. The lowest BCUT2D eigenvalue weighted by Gasteiger charge is -2.35. The summed E-state index contributed by atoms with van der Waals surface area (Å²) in [5.74, 6) is 0.320. The number of halogens is 3. The van der Waals surface area contributed by atoms with Crippen LogP contribution in [0.15, 0.2) is 103 Å². The number of hydrogen-bond acceptors (Lipinski definition) is 3. The highest BCUT2D eigenvalue weighted by Gasteiger charge is 2.30. The van der Waals surface area contributed by atoms with Gasteiger partial charge in [0.25, 0.3) is 5.91 Å². The van der Waals surface area contributed by atoms with Gasteiger partial charge in [0.15, 0.2) is 0 Å². The maximum atomic E-state index is 13.5. The molecule has 3 amide bonds. The van der Waals surface area contributed by atoms with Crippen molar-refractivity contribution in [3.8, 4) is 0 Å². The molecule has 1 fully saturated rings. The summed E-state index contributed by atoms with van der Waals surface area (Å²) in [7, 11) is 0. The zero-order chi connectivity index (χ0) is 30.9. The van der Waals surface area contributed by atoms with Gasteiger partial charge in [0.05, 0.1) is 11.1 Å². The number of nitrogens with zero attached hydrogens (tertiary/aromatic N) is 1. The van der Waals surface area contributed by atoms with Crippen molar-refractivity contribution in [3.63, 3.8) is 0 Å². The molecule has 228 valence electrons. The number of alkyl halides is 3. The molecule has 4 aromatic rings. The van der Waals surface area contributed by atoms with Crippen molar-refractivity contribution >= 4 is 29.0 Å². The van der Waals surface area contributed by atoms with Crippen LogP contribution in [0, 0.1) is 5.92 Å². The molecule has 6 nitrogen and oxygen atoms in total. The predicted octanol–water partition coefficient (Wildman–Crippen LogP) is 7.78. The lowest BCUT2D eigenvalue weighted by atomic mass is 9.89. The van der Waals surface area contributed by atoms with E-state index in [0.717, 1.165) is 55.7 Å². The molecular formula is C35H35F3N4O2. The van der Waals surface area contributed by atoms with E-state index in [4.69, 9.17) is 0 Å². The molecule has 0 radical (unpaired) electrons. The van der Waals surface area contributed by atoms with Crippen molar-refractivity contribution < 1.29 is 22.8 Å². The van der Waals surface area contributed by atoms with E-state index in [-0.39, 0.29) is 11.6 Å². The smallest absolute Gasteiger partial charge is 0.371 e. The second-order valence-corrected chi connectivity index (χ2v) is 11.0. The van der Waals surface area contributed by atoms with Crippen LogP contribution in [0.1, 0.15) is 39.9 Å². The predicted molar refractivity (Wildman–Crippen MR) is 168 cm³/mol. The van der Waals surface area contributed by atoms with Crippen molar-refractivity contribution in [3.05, 3.63) is 125 Å². The van der Waals surface area contributed by atoms with Crippen molar-refractivity contribution in [2.75, 3.05) is 35.2 Å². The Balaban J connectivity index is 1.27. The molecule has 3 N–H and O–H groups in total. The lowest BCUT2D eigenvalue weighted by molar-refractivity contribution is -0.137. The first-order chi connectivity index (χ1) is 21.2. The third-order valence-corrected chi connectivity index (χ3v) is 7.83. The fourth-order valence-corrected chi connectivity index (χ4v) is 5.49. The highest BCUT2D eigenvalue weighted by atomic mass is 19.4. The fourth-order valence-electron chi connectivity index (χ4n) is 5.49. The van der Waals surface area contributed by atoms with E-state index in [1.54, 1.807) is 12.1 Å². The highest BCUT2D eigenvalue weighted by molar-refractivity contribution is 6.04. The molecule has 0 aromatic heterocycles. The summed E-state index contributed by atoms with van der Waals surface area (Å²) in [4.78, 5) is 28.4. The maximum Gasteiger partial charge on any atom is 0.416 e. The molecular weight excluding hydrogens is 565 g/mol. The minimum atomic E-state index is -4.46. The number of carbonyl (C=O) groups excluding carboxylic acids is 2. The largest absolute Gasteiger partial charge is 0.416 e. The Hall–Kier alpha value is -4.79. The normalized spacial score (nSPS) is 13.8. The first-order valence-electron chi connectivity index (χ1n) is 14.7. The van der Waals surface area contributed by atoms with Crippen molar-refractivity contribution in [1.82, 2.24) is 5.32 Å². The standard InChI is InChI=1S/C35H35F3N4O2/c36-35(37,38)28-11-13-29(14-12-28)40-34(44)41-30-15-16-32(31(24-30)33(43)39-20-17-25-7-3-1-4-8-25)42-21-18-27(19-22-42)23-26-9-5-2-6-10-26/h1-16,24,27H,17-23H2,(H,39,43)(H2,40,41,44). The second-order valence-electron chi connectivity index (χ2n) is 11.0. The van der Waals surface area contributed by atoms with Gasteiger partial charge in [-0.2, -0.15) is 13.2 Å². The summed E-state index contributed by atoms with van der Waals surface area (Å²) >= 11 is 0. The number of carbonyl (C=O) groups is 2. The molecule has 9 heteroatoms. The SMILES string of the molecule is O=C(Nc1ccc(C(F)(F)F)cc1)Nc1ccc(N2CCC(Cc3ccccc3)CC2)c(C(=O)NCCc2ccccc2)c1. The second kappa shape index (κ2) is 14.1. The minimum Gasteiger partial charge on any atom is -0.371 e. The zero-order valence-corrected chi connectivity index (χ0v) is 24.2. The van der Waals surface area contributed by atoms with Gasteiger partial charge in [-0.1, -0.05) is 60.7 Å². The Labute approximate surface area is 255 Å². The van der Waals surface area contributed by atoms with E-state index >= 15 is 0 Å². The van der Waals surface area contributed by atoms with Crippen molar-refractivity contribution in [1.29, 1.82) is 0 Å². The lowest BCUT2D eigenvalue weighted by Crippen LogP contribution is -2.36. The molecule has 0 bridgehead atoms. The summed E-state index contributed by atoms with van der Waals surface area (Å²) in [5, 5.41) is 8.27. The summed E-state index contributed by atoms with van der Waals surface area (Å²) in [6.07, 6.45) is -0.755. The number of urea groups is 1. The number of amides is 3. The van der Waals surface area contributed by atoms with Crippen LogP contribution >= 0.6 is 0 Å². The van der Waals surface area contributed by atoms with Gasteiger partial charge in [-0.25, -0.2) is 4.79 Å². The quantitative estimate of drug-likeness (QED) is 0.184. The van der Waals surface area contributed by atoms with Crippen molar-refractivity contribution in [2.45, 2.75) is 31.9 Å². The van der Waals surface area contributed by atoms with Gasteiger partial charge in [-0.15, -0.1) is 0 Å². The van der Waals surface area contributed by atoms with E-state index in [1.165, 1.54) is 17.7 Å². The van der Waals surface area contributed by atoms with Gasteiger partial charge in [0.2, 0.25) is 0 Å². The maximum absolute atomic E-state index is 13.5. The molecule has 4 aromatic carbocycles. The third kappa shape index (κ3) is 8.40. The topological polar surface area (TPSA) is 73.5 Å². The molecule has 44 heavy (non-hydrogen) atoms. The summed E-state index contributed by atoms with van der Waals surface area (Å²) < 4.78 is 38.6. The number of nitrogens with one attached hydrogen (secondary N) is 3. The highest BCUT2D eigenvalue weighted by Crippen LogP contribution is 2.31. The van der Waals surface area contributed by atoms with Gasteiger partial charge in [0.1, 0.15) is 0 Å². The Morgan fingerprint density at radius 1 is 0.750 bits per heavy atom. The van der Waals surface area contributed by atoms with E-state index in [0.29, 0.717) is 30.1 Å². The van der Waals surface area contributed by atoms with Crippen LogP contribution in [-0.4, -0.2) is 31.6 Å². The van der Waals surface area contributed by atoms with E-state index in [9.17, 15) is 22.8 Å². The van der Waals surface area contributed by atoms with Gasteiger partial charge >= 0.3 is 12.2 Å².